The van der Waals surface area contributed by atoms with Gasteiger partial charge in [-0.3, -0.25) is 0 Å². The molecule has 0 saturated heterocycles. The van der Waals surface area contributed by atoms with E-state index in [1.165, 1.54) is 50.1 Å². The van der Waals surface area contributed by atoms with E-state index in [1.807, 2.05) is 6.08 Å². The van der Waals surface area contributed by atoms with Gasteiger partial charge in [0, 0.05) is 39.5 Å². The van der Waals surface area contributed by atoms with Crippen molar-refractivity contribution in [2.24, 2.45) is 0 Å². The van der Waals surface area contributed by atoms with Crippen LogP contribution in [0.1, 0.15) is 30.5 Å². The smallest absolute Gasteiger partial charge is 0.0465 e. The first kappa shape index (κ1) is 37.6. The van der Waals surface area contributed by atoms with Crippen LogP contribution in [0.3, 0.4) is 0 Å². The van der Waals surface area contributed by atoms with Crippen molar-refractivity contribution in [1.82, 2.24) is 0 Å². The van der Waals surface area contributed by atoms with Crippen LogP contribution < -0.4 is 9.80 Å². The van der Waals surface area contributed by atoms with Crippen molar-refractivity contribution in [3.05, 3.63) is 248 Å². The first-order valence-electron chi connectivity index (χ1n) is 21.0. The molecule has 0 unspecified atom stereocenters. The van der Waals surface area contributed by atoms with Gasteiger partial charge in [0.1, 0.15) is 0 Å². The molecule has 2 nitrogen and oxygen atoms in total. The SMILES string of the molecule is C=Cc1ccc(-c2ccc(N(c3ccccc3)c3ccc(-c4ccc(N(c5ccc(-c6ccccc6)cc5)c5ccc6c(c5)C(C)(C)c5ccccc5-6)cc4)cc3)cc2)cc1. The molecule has 1 aliphatic carbocycles. The van der Waals surface area contributed by atoms with Gasteiger partial charge in [0.25, 0.3) is 0 Å². The third-order valence-electron chi connectivity index (χ3n) is 12.3. The number of para-hydroxylation sites is 1. The number of anilines is 6. The van der Waals surface area contributed by atoms with Gasteiger partial charge in [-0.2, -0.15) is 0 Å². The lowest BCUT2D eigenvalue weighted by Crippen LogP contribution is -2.16. The van der Waals surface area contributed by atoms with Crippen molar-refractivity contribution in [3.8, 4) is 44.5 Å². The summed E-state index contributed by atoms with van der Waals surface area (Å²) in [7, 11) is 0. The maximum absolute atomic E-state index is 3.89. The van der Waals surface area contributed by atoms with Crippen LogP contribution in [-0.4, -0.2) is 0 Å². The van der Waals surface area contributed by atoms with E-state index in [4.69, 9.17) is 0 Å². The van der Waals surface area contributed by atoms with Crippen molar-refractivity contribution in [2.75, 3.05) is 9.80 Å². The number of rotatable bonds is 10. The summed E-state index contributed by atoms with van der Waals surface area (Å²) >= 11 is 0. The van der Waals surface area contributed by atoms with Crippen molar-refractivity contribution in [2.45, 2.75) is 19.3 Å². The van der Waals surface area contributed by atoms with E-state index >= 15 is 0 Å². The lowest BCUT2D eigenvalue weighted by Gasteiger charge is -2.28. The van der Waals surface area contributed by atoms with Gasteiger partial charge in [0.15, 0.2) is 0 Å². The lowest BCUT2D eigenvalue weighted by atomic mass is 9.82. The summed E-state index contributed by atoms with van der Waals surface area (Å²) in [6.45, 7) is 8.59. The van der Waals surface area contributed by atoms with Gasteiger partial charge in [0.2, 0.25) is 0 Å². The zero-order valence-corrected chi connectivity index (χ0v) is 34.5. The fourth-order valence-corrected chi connectivity index (χ4v) is 8.96. The van der Waals surface area contributed by atoms with Crippen LogP contribution in [0.2, 0.25) is 0 Å². The topological polar surface area (TPSA) is 6.48 Å². The zero-order valence-electron chi connectivity index (χ0n) is 34.5. The molecule has 61 heavy (non-hydrogen) atoms. The van der Waals surface area contributed by atoms with Gasteiger partial charge in [-0.1, -0.05) is 178 Å². The third kappa shape index (κ3) is 7.13. The monoisotopic (exact) mass is 782 g/mol. The highest BCUT2D eigenvalue weighted by Crippen LogP contribution is 2.51. The molecule has 0 atom stereocenters. The van der Waals surface area contributed by atoms with Crippen LogP contribution in [0.25, 0.3) is 50.6 Å². The molecule has 0 bridgehead atoms. The number of hydrogen-bond acceptors (Lipinski definition) is 2. The minimum absolute atomic E-state index is 0.0985. The molecule has 0 saturated carbocycles. The molecular weight excluding hydrogens is 737 g/mol. The van der Waals surface area contributed by atoms with Gasteiger partial charge in [0.05, 0.1) is 0 Å². The highest BCUT2D eigenvalue weighted by Gasteiger charge is 2.35. The molecule has 9 aromatic rings. The second-order valence-electron chi connectivity index (χ2n) is 16.3. The molecule has 0 heterocycles. The third-order valence-corrected chi connectivity index (χ3v) is 12.3. The zero-order chi connectivity index (χ0) is 41.3. The normalized spacial score (nSPS) is 12.3. The molecule has 2 heteroatoms. The van der Waals surface area contributed by atoms with Crippen molar-refractivity contribution >= 4 is 40.2 Å². The second kappa shape index (κ2) is 15.8. The highest BCUT2D eigenvalue weighted by molar-refractivity contribution is 5.87. The quantitative estimate of drug-likeness (QED) is 0.136. The van der Waals surface area contributed by atoms with Crippen molar-refractivity contribution in [1.29, 1.82) is 0 Å². The summed E-state index contributed by atoms with van der Waals surface area (Å²) in [6, 6.07) is 81.2. The van der Waals surface area contributed by atoms with E-state index < -0.39 is 0 Å². The van der Waals surface area contributed by atoms with E-state index in [-0.39, 0.29) is 5.41 Å². The molecular formula is C59H46N2. The molecule has 0 aliphatic heterocycles. The Morgan fingerprint density at radius 2 is 0.672 bits per heavy atom. The summed E-state index contributed by atoms with van der Waals surface area (Å²) in [5.74, 6) is 0. The Morgan fingerprint density at radius 3 is 1.15 bits per heavy atom. The first-order chi connectivity index (χ1) is 29.9. The summed E-state index contributed by atoms with van der Waals surface area (Å²) < 4.78 is 0. The summed E-state index contributed by atoms with van der Waals surface area (Å²) in [5.41, 5.74) is 20.2. The van der Waals surface area contributed by atoms with E-state index in [0.29, 0.717) is 0 Å². The average molecular weight is 783 g/mol. The van der Waals surface area contributed by atoms with Crippen molar-refractivity contribution < 1.29 is 0 Å². The number of hydrogen-bond donors (Lipinski definition) is 0. The molecule has 0 amide bonds. The van der Waals surface area contributed by atoms with Crippen molar-refractivity contribution in [3.63, 3.8) is 0 Å². The first-order valence-corrected chi connectivity index (χ1v) is 21.0. The van der Waals surface area contributed by atoms with Gasteiger partial charge in [-0.15, -0.1) is 0 Å². The number of fused-ring (bicyclic) bond motifs is 3. The van der Waals surface area contributed by atoms with Crippen LogP contribution in [0, 0.1) is 0 Å². The van der Waals surface area contributed by atoms with Crippen LogP contribution >= 0.6 is 0 Å². The molecule has 0 radical (unpaired) electrons. The molecule has 9 aromatic carbocycles. The molecule has 0 spiro atoms. The van der Waals surface area contributed by atoms with Crippen LogP contribution in [0.15, 0.2) is 231 Å². The fourth-order valence-electron chi connectivity index (χ4n) is 8.96. The maximum Gasteiger partial charge on any atom is 0.0465 e. The predicted octanol–water partition coefficient (Wildman–Crippen LogP) is 16.6. The van der Waals surface area contributed by atoms with E-state index in [2.05, 4.69) is 255 Å². The Hall–Kier alpha value is -7.68. The lowest BCUT2D eigenvalue weighted by molar-refractivity contribution is 0.660. The van der Waals surface area contributed by atoms with Gasteiger partial charge >= 0.3 is 0 Å². The molecule has 0 fully saturated rings. The predicted molar refractivity (Wildman–Crippen MR) is 260 cm³/mol. The van der Waals surface area contributed by atoms with E-state index in [9.17, 15) is 0 Å². The summed E-state index contributed by atoms with van der Waals surface area (Å²) in [4.78, 5) is 4.70. The van der Waals surface area contributed by atoms with Crippen LogP contribution in [0.4, 0.5) is 34.1 Å². The average Bonchev–Trinajstić information content (AvgIpc) is 3.56. The largest absolute Gasteiger partial charge is 0.311 e. The molecule has 1 aliphatic rings. The Balaban J connectivity index is 0.972. The molecule has 0 N–H and O–H groups in total. The molecule has 292 valence electrons. The Kier molecular flexibility index (Phi) is 9.75. The van der Waals surface area contributed by atoms with Crippen LogP contribution in [-0.2, 0) is 5.41 Å². The fraction of sp³-hybridized carbons (Fsp3) is 0.0508. The van der Waals surface area contributed by atoms with Gasteiger partial charge < -0.3 is 9.80 Å². The molecule has 10 rings (SSSR count). The maximum atomic E-state index is 3.89. The highest BCUT2D eigenvalue weighted by atomic mass is 15.1. The number of benzene rings is 9. The van der Waals surface area contributed by atoms with E-state index in [1.54, 1.807) is 0 Å². The van der Waals surface area contributed by atoms with E-state index in [0.717, 1.165) is 45.3 Å². The molecule has 0 aromatic heterocycles. The summed E-state index contributed by atoms with van der Waals surface area (Å²) in [6.07, 6.45) is 1.88. The van der Waals surface area contributed by atoms with Crippen LogP contribution in [0.5, 0.6) is 0 Å². The Morgan fingerprint density at radius 1 is 0.328 bits per heavy atom. The Bertz CT molecular complexity index is 2950. The minimum atomic E-state index is -0.0985. The van der Waals surface area contributed by atoms with Gasteiger partial charge in [-0.25, -0.2) is 0 Å². The second-order valence-corrected chi connectivity index (χ2v) is 16.3. The Labute approximate surface area is 360 Å². The standard InChI is InChI=1S/C59H46N2/c1-4-42-19-21-44(22-20-42)46-25-31-50(32-26-46)60(49-15-9-6-10-16-49)51-33-27-47(28-34-51)48-29-37-53(38-30-48)61(52-35-23-45(24-36-52)43-13-7-5-8-14-43)54-39-40-56-55-17-11-12-18-57(55)59(2,3)58(56)41-54/h4-41H,1H2,2-3H3. The summed E-state index contributed by atoms with van der Waals surface area (Å²) in [5, 5.41) is 0. The van der Waals surface area contributed by atoms with Gasteiger partial charge in [-0.05, 0) is 134 Å². The number of nitrogens with zero attached hydrogens (tertiary/aromatic N) is 2. The minimum Gasteiger partial charge on any atom is -0.311 e.